The highest BCUT2D eigenvalue weighted by Crippen LogP contribution is 2.35. The lowest BCUT2D eigenvalue weighted by atomic mass is 9.72. The van der Waals surface area contributed by atoms with E-state index in [2.05, 4.69) is 6.92 Å². The van der Waals surface area contributed by atoms with Crippen LogP contribution in [0.25, 0.3) is 0 Å². The standard InChI is InChI=1S/C24H40NO3/c1-5-6-7-8-9-10-11-15-18-20(26)21(24(2,3)4)22(23(25)27)28-19-16-13-12-14-17-19/h12-14,16-17,20-22,25-26H,5-11,15,18H2,1-4H3. The number of hydrogen-bond donors (Lipinski definition) is 1. The van der Waals surface area contributed by atoms with Crippen LogP contribution in [-0.2, 0) is 4.79 Å². The van der Waals surface area contributed by atoms with E-state index in [0.717, 1.165) is 12.8 Å². The third-order valence-electron chi connectivity index (χ3n) is 5.36. The second kappa shape index (κ2) is 12.8. The second-order valence-corrected chi connectivity index (χ2v) is 8.94. The van der Waals surface area contributed by atoms with Gasteiger partial charge in [-0.05, 0) is 24.0 Å². The van der Waals surface area contributed by atoms with Crippen LogP contribution in [0.15, 0.2) is 30.3 Å². The summed E-state index contributed by atoms with van der Waals surface area (Å²) in [6.07, 6.45) is 8.67. The zero-order valence-corrected chi connectivity index (χ0v) is 18.2. The highest BCUT2D eigenvalue weighted by atomic mass is 16.5. The van der Waals surface area contributed by atoms with Gasteiger partial charge in [-0.1, -0.05) is 97.3 Å². The van der Waals surface area contributed by atoms with Gasteiger partial charge in [0.1, 0.15) is 5.75 Å². The molecule has 0 saturated heterocycles. The number of aliphatic hydroxyl groups is 1. The number of hydrogen-bond acceptors (Lipinski definition) is 3. The van der Waals surface area contributed by atoms with E-state index in [0.29, 0.717) is 12.2 Å². The molecule has 2 N–H and O–H groups in total. The predicted octanol–water partition coefficient (Wildman–Crippen LogP) is 5.80. The van der Waals surface area contributed by atoms with Gasteiger partial charge in [-0.2, -0.15) is 0 Å². The number of carbonyl (C=O) groups is 1. The van der Waals surface area contributed by atoms with Crippen molar-refractivity contribution in [3.8, 4) is 5.75 Å². The molecule has 159 valence electrons. The van der Waals surface area contributed by atoms with Crippen LogP contribution in [0.5, 0.6) is 5.75 Å². The topological polar surface area (TPSA) is 70.3 Å². The molecule has 0 aliphatic heterocycles. The number of para-hydroxylation sites is 1. The van der Waals surface area contributed by atoms with Gasteiger partial charge in [0.15, 0.2) is 6.10 Å². The Kier molecular flexibility index (Phi) is 11.2. The molecule has 0 aliphatic carbocycles. The molecule has 0 bridgehead atoms. The van der Waals surface area contributed by atoms with Crippen molar-refractivity contribution in [2.24, 2.45) is 11.3 Å². The summed E-state index contributed by atoms with van der Waals surface area (Å²) < 4.78 is 5.87. The maximum atomic E-state index is 12.1. The minimum atomic E-state index is -0.966. The molecule has 0 spiro atoms. The Hall–Kier alpha value is -1.55. The van der Waals surface area contributed by atoms with E-state index in [4.69, 9.17) is 10.5 Å². The van der Waals surface area contributed by atoms with Crippen molar-refractivity contribution in [1.29, 1.82) is 0 Å². The number of rotatable bonds is 14. The molecule has 1 radical (unpaired) electrons. The molecule has 1 aromatic rings. The molecule has 0 aromatic heterocycles. The van der Waals surface area contributed by atoms with Crippen LogP contribution in [0, 0.1) is 11.3 Å². The average molecular weight is 391 g/mol. The Morgan fingerprint density at radius 1 is 1.00 bits per heavy atom. The molecule has 0 aliphatic rings. The fourth-order valence-corrected chi connectivity index (χ4v) is 3.84. The van der Waals surface area contributed by atoms with Crippen LogP contribution < -0.4 is 10.5 Å². The van der Waals surface area contributed by atoms with E-state index in [1.807, 2.05) is 39.0 Å². The third kappa shape index (κ3) is 9.09. The number of carbonyl (C=O) groups excluding carboxylic acids is 1. The Labute approximate surface area is 171 Å². The summed E-state index contributed by atoms with van der Waals surface area (Å²) in [5.74, 6) is -0.650. The van der Waals surface area contributed by atoms with Crippen molar-refractivity contribution in [2.45, 2.75) is 97.7 Å². The molecular weight excluding hydrogens is 350 g/mol. The van der Waals surface area contributed by atoms with Crippen molar-refractivity contribution < 1.29 is 14.6 Å². The molecule has 1 aromatic carbocycles. The fraction of sp³-hybridized carbons (Fsp3) is 0.708. The quantitative estimate of drug-likeness (QED) is 0.408. The summed E-state index contributed by atoms with van der Waals surface area (Å²) in [7, 11) is 0. The number of benzene rings is 1. The van der Waals surface area contributed by atoms with E-state index in [1.165, 1.54) is 38.5 Å². The molecule has 4 heteroatoms. The predicted molar refractivity (Wildman–Crippen MR) is 115 cm³/mol. The van der Waals surface area contributed by atoms with Gasteiger partial charge < -0.3 is 9.84 Å². The molecule has 1 rings (SSSR count). The average Bonchev–Trinajstić information content (AvgIpc) is 2.63. The summed E-state index contributed by atoms with van der Waals surface area (Å²) in [6.45, 7) is 8.22. The third-order valence-corrected chi connectivity index (χ3v) is 5.36. The minimum Gasteiger partial charge on any atom is -0.480 e. The highest BCUT2D eigenvalue weighted by Gasteiger charge is 2.42. The minimum absolute atomic E-state index is 0.351. The van der Waals surface area contributed by atoms with Crippen LogP contribution >= 0.6 is 0 Å². The van der Waals surface area contributed by atoms with Crippen molar-refractivity contribution in [2.75, 3.05) is 0 Å². The first kappa shape index (κ1) is 24.5. The first-order chi connectivity index (χ1) is 13.3. The smallest absolute Gasteiger partial charge is 0.279 e. The van der Waals surface area contributed by atoms with Crippen molar-refractivity contribution in [3.63, 3.8) is 0 Å². The Balaban J connectivity index is 2.63. The van der Waals surface area contributed by atoms with E-state index < -0.39 is 24.0 Å². The fourth-order valence-electron chi connectivity index (χ4n) is 3.84. The molecule has 3 atom stereocenters. The molecule has 1 amide bonds. The summed E-state index contributed by atoms with van der Waals surface area (Å²) in [4.78, 5) is 12.1. The van der Waals surface area contributed by atoms with Gasteiger partial charge in [-0.25, -0.2) is 0 Å². The summed E-state index contributed by atoms with van der Waals surface area (Å²) >= 11 is 0. The number of unbranched alkanes of at least 4 members (excludes halogenated alkanes) is 7. The SMILES string of the molecule is CCCCCCCCCCC(O)C(C(Oc1ccccc1)C([NH])=O)C(C)(C)C. The largest absolute Gasteiger partial charge is 0.480 e. The molecule has 0 fully saturated rings. The highest BCUT2D eigenvalue weighted by molar-refractivity contribution is 5.79. The summed E-state index contributed by atoms with van der Waals surface area (Å²) in [5, 5.41) is 10.9. The number of aliphatic hydroxyl groups excluding tert-OH is 1. The Morgan fingerprint density at radius 2 is 1.54 bits per heavy atom. The van der Waals surface area contributed by atoms with Crippen LogP contribution in [0.1, 0.15) is 85.5 Å². The van der Waals surface area contributed by atoms with Crippen molar-refractivity contribution in [3.05, 3.63) is 30.3 Å². The first-order valence-electron chi connectivity index (χ1n) is 10.9. The molecular formula is C24H40NO3. The van der Waals surface area contributed by atoms with Crippen LogP contribution in [-0.4, -0.2) is 23.2 Å². The second-order valence-electron chi connectivity index (χ2n) is 8.94. The molecule has 0 heterocycles. The molecule has 3 unspecified atom stereocenters. The van der Waals surface area contributed by atoms with Gasteiger partial charge in [0.05, 0.1) is 6.10 Å². The van der Waals surface area contributed by atoms with Gasteiger partial charge in [-0.3, -0.25) is 10.5 Å². The molecule has 4 nitrogen and oxygen atoms in total. The van der Waals surface area contributed by atoms with E-state index >= 15 is 0 Å². The zero-order chi connectivity index (χ0) is 21.0. The molecule has 0 saturated carbocycles. The lowest BCUT2D eigenvalue weighted by Crippen LogP contribution is -2.48. The van der Waals surface area contributed by atoms with Crippen molar-refractivity contribution in [1.82, 2.24) is 5.73 Å². The van der Waals surface area contributed by atoms with Gasteiger partial charge in [0.2, 0.25) is 0 Å². The maximum absolute atomic E-state index is 12.1. The summed E-state index contributed by atoms with van der Waals surface area (Å²) in [6, 6.07) is 9.11. The van der Waals surface area contributed by atoms with Gasteiger partial charge in [0.25, 0.3) is 5.91 Å². The number of ether oxygens (including phenoxy) is 1. The Morgan fingerprint density at radius 3 is 2.04 bits per heavy atom. The van der Waals surface area contributed by atoms with Gasteiger partial charge in [-0.15, -0.1) is 0 Å². The van der Waals surface area contributed by atoms with E-state index in [-0.39, 0.29) is 5.41 Å². The summed E-state index contributed by atoms with van der Waals surface area (Å²) in [5.41, 5.74) is 7.38. The zero-order valence-electron chi connectivity index (χ0n) is 18.2. The normalized spacial score (nSPS) is 15.0. The lowest BCUT2D eigenvalue weighted by Gasteiger charge is -2.38. The van der Waals surface area contributed by atoms with Crippen LogP contribution in [0.3, 0.4) is 0 Å². The van der Waals surface area contributed by atoms with E-state index in [1.54, 1.807) is 12.1 Å². The van der Waals surface area contributed by atoms with Gasteiger partial charge in [0, 0.05) is 5.92 Å². The Bertz CT molecular complexity index is 539. The monoisotopic (exact) mass is 390 g/mol. The van der Waals surface area contributed by atoms with Crippen LogP contribution in [0.4, 0.5) is 0 Å². The lowest BCUT2D eigenvalue weighted by molar-refractivity contribution is -0.134. The van der Waals surface area contributed by atoms with E-state index in [9.17, 15) is 9.90 Å². The van der Waals surface area contributed by atoms with Gasteiger partial charge >= 0.3 is 0 Å². The number of nitrogens with one attached hydrogen (secondary N) is 1. The first-order valence-corrected chi connectivity index (χ1v) is 10.9. The molecule has 28 heavy (non-hydrogen) atoms. The maximum Gasteiger partial charge on any atom is 0.279 e. The van der Waals surface area contributed by atoms with Crippen molar-refractivity contribution >= 4 is 5.91 Å². The van der Waals surface area contributed by atoms with Crippen LogP contribution in [0.2, 0.25) is 0 Å². The number of amides is 1.